The van der Waals surface area contributed by atoms with E-state index in [4.69, 9.17) is 17.3 Å². The molecule has 1 aliphatic carbocycles. The largest absolute Gasteiger partial charge is 0.324 e. The second-order valence-corrected chi connectivity index (χ2v) is 4.31. The molecule has 3 heteroatoms. The smallest absolute Gasteiger partial charge is 0.133 e. The van der Waals surface area contributed by atoms with Gasteiger partial charge in [-0.15, -0.1) is 0 Å². The Morgan fingerprint density at radius 1 is 1.43 bits per heavy atom. The van der Waals surface area contributed by atoms with Crippen molar-refractivity contribution in [1.29, 1.82) is 0 Å². The van der Waals surface area contributed by atoms with Crippen molar-refractivity contribution in [1.82, 2.24) is 4.98 Å². The van der Waals surface area contributed by atoms with Gasteiger partial charge < -0.3 is 5.73 Å². The summed E-state index contributed by atoms with van der Waals surface area (Å²) in [6.45, 7) is 0. The second kappa shape index (κ2) is 4.28. The molecule has 0 aromatic carbocycles. The molecule has 2 N–H and O–H groups in total. The molecular formula is C11H15ClN2. The number of halogens is 1. The summed E-state index contributed by atoms with van der Waals surface area (Å²) in [5.41, 5.74) is 7.18. The molecule has 0 saturated heterocycles. The zero-order valence-corrected chi connectivity index (χ0v) is 8.87. The molecule has 0 aliphatic heterocycles. The van der Waals surface area contributed by atoms with Crippen LogP contribution in [0.2, 0.25) is 5.15 Å². The van der Waals surface area contributed by atoms with Crippen LogP contribution >= 0.6 is 11.6 Å². The SMILES string of the molecule is N[C@H](c1cccnc1Cl)C1CCCC1. The van der Waals surface area contributed by atoms with Crippen molar-refractivity contribution in [2.45, 2.75) is 31.7 Å². The predicted octanol–water partition coefficient (Wildman–Crippen LogP) is 2.93. The Morgan fingerprint density at radius 3 is 2.79 bits per heavy atom. The number of nitrogens with zero attached hydrogens (tertiary/aromatic N) is 1. The summed E-state index contributed by atoms with van der Waals surface area (Å²) in [6, 6.07) is 3.95. The van der Waals surface area contributed by atoms with Crippen molar-refractivity contribution < 1.29 is 0 Å². The topological polar surface area (TPSA) is 38.9 Å². The number of nitrogens with two attached hydrogens (primary N) is 1. The van der Waals surface area contributed by atoms with Crippen LogP contribution in [0.4, 0.5) is 0 Å². The normalized spacial score (nSPS) is 19.9. The fourth-order valence-corrected chi connectivity index (χ4v) is 2.46. The Labute approximate surface area is 89.5 Å². The van der Waals surface area contributed by atoms with E-state index in [9.17, 15) is 0 Å². The van der Waals surface area contributed by atoms with E-state index in [0.29, 0.717) is 11.1 Å². The van der Waals surface area contributed by atoms with E-state index in [1.165, 1.54) is 25.7 Å². The number of hydrogen-bond acceptors (Lipinski definition) is 2. The Morgan fingerprint density at radius 2 is 2.14 bits per heavy atom. The minimum absolute atomic E-state index is 0.0682. The maximum absolute atomic E-state index is 6.18. The van der Waals surface area contributed by atoms with Gasteiger partial charge in [0.05, 0.1) is 0 Å². The Bertz CT molecular complexity index is 308. The van der Waals surface area contributed by atoms with Crippen LogP contribution < -0.4 is 5.73 Å². The molecule has 0 bridgehead atoms. The van der Waals surface area contributed by atoms with Gasteiger partial charge >= 0.3 is 0 Å². The van der Waals surface area contributed by atoms with Gasteiger partial charge in [-0.3, -0.25) is 0 Å². The Balaban J connectivity index is 2.17. The highest BCUT2D eigenvalue weighted by Gasteiger charge is 2.24. The van der Waals surface area contributed by atoms with E-state index < -0.39 is 0 Å². The quantitative estimate of drug-likeness (QED) is 0.763. The molecule has 2 rings (SSSR count). The van der Waals surface area contributed by atoms with Crippen LogP contribution in [0.25, 0.3) is 0 Å². The molecule has 0 amide bonds. The minimum Gasteiger partial charge on any atom is -0.324 e. The average Bonchev–Trinajstić information content (AvgIpc) is 2.70. The standard InChI is InChI=1S/C11H15ClN2/c12-11-9(6-3-7-14-11)10(13)8-4-1-2-5-8/h3,6-8,10H,1-2,4-5,13H2/t10-/m0/s1. The van der Waals surface area contributed by atoms with Crippen molar-refractivity contribution in [3.8, 4) is 0 Å². The molecule has 1 saturated carbocycles. The number of aromatic nitrogens is 1. The fourth-order valence-electron chi connectivity index (χ4n) is 2.22. The maximum Gasteiger partial charge on any atom is 0.133 e. The zero-order chi connectivity index (χ0) is 9.97. The van der Waals surface area contributed by atoms with Gasteiger partial charge in [0.1, 0.15) is 5.15 Å². The lowest BCUT2D eigenvalue weighted by Gasteiger charge is -2.19. The zero-order valence-electron chi connectivity index (χ0n) is 8.12. The van der Waals surface area contributed by atoms with Gasteiger partial charge in [0.15, 0.2) is 0 Å². The highest BCUT2D eigenvalue weighted by Crippen LogP contribution is 2.35. The van der Waals surface area contributed by atoms with E-state index >= 15 is 0 Å². The van der Waals surface area contributed by atoms with Gasteiger partial charge in [-0.2, -0.15) is 0 Å². The van der Waals surface area contributed by atoms with Gasteiger partial charge in [-0.1, -0.05) is 30.5 Å². The summed E-state index contributed by atoms with van der Waals surface area (Å²) in [4.78, 5) is 4.06. The van der Waals surface area contributed by atoms with Gasteiger partial charge in [0, 0.05) is 17.8 Å². The first-order valence-electron chi connectivity index (χ1n) is 5.15. The Hall–Kier alpha value is -0.600. The first-order valence-corrected chi connectivity index (χ1v) is 5.53. The third-order valence-electron chi connectivity index (χ3n) is 3.05. The van der Waals surface area contributed by atoms with Crippen LogP contribution in [0, 0.1) is 5.92 Å². The third kappa shape index (κ3) is 1.91. The van der Waals surface area contributed by atoms with Crippen LogP contribution in [0.1, 0.15) is 37.3 Å². The molecule has 1 aromatic heterocycles. The number of pyridine rings is 1. The van der Waals surface area contributed by atoms with Crippen LogP contribution in [-0.2, 0) is 0 Å². The number of hydrogen-bond donors (Lipinski definition) is 1. The lowest BCUT2D eigenvalue weighted by molar-refractivity contribution is 0.444. The van der Waals surface area contributed by atoms with Gasteiger partial charge in [0.25, 0.3) is 0 Å². The average molecular weight is 211 g/mol. The van der Waals surface area contributed by atoms with Crippen LogP contribution in [0.5, 0.6) is 0 Å². The van der Waals surface area contributed by atoms with Gasteiger partial charge in [-0.05, 0) is 24.8 Å². The molecular weight excluding hydrogens is 196 g/mol. The fraction of sp³-hybridized carbons (Fsp3) is 0.545. The number of rotatable bonds is 2. The first kappa shape index (κ1) is 9.94. The summed E-state index contributed by atoms with van der Waals surface area (Å²) in [5, 5.41) is 0.562. The van der Waals surface area contributed by atoms with E-state index in [0.717, 1.165) is 5.56 Å². The van der Waals surface area contributed by atoms with Crippen LogP contribution in [0.3, 0.4) is 0 Å². The molecule has 0 unspecified atom stereocenters. The van der Waals surface area contributed by atoms with Crippen LogP contribution in [-0.4, -0.2) is 4.98 Å². The van der Waals surface area contributed by atoms with E-state index in [-0.39, 0.29) is 6.04 Å². The Kier molecular flexibility index (Phi) is 3.04. The van der Waals surface area contributed by atoms with E-state index in [1.54, 1.807) is 6.20 Å². The van der Waals surface area contributed by atoms with E-state index in [2.05, 4.69) is 4.98 Å². The summed E-state index contributed by atoms with van der Waals surface area (Å²) in [6.07, 6.45) is 6.76. The first-order chi connectivity index (χ1) is 6.79. The second-order valence-electron chi connectivity index (χ2n) is 3.95. The predicted molar refractivity (Wildman–Crippen MR) is 58.1 cm³/mol. The summed E-state index contributed by atoms with van der Waals surface area (Å²) in [7, 11) is 0. The molecule has 1 fully saturated rings. The molecule has 1 aromatic rings. The summed E-state index contributed by atoms with van der Waals surface area (Å²) in [5.74, 6) is 0.594. The van der Waals surface area contributed by atoms with Crippen molar-refractivity contribution >= 4 is 11.6 Å². The molecule has 1 atom stereocenters. The highest BCUT2D eigenvalue weighted by molar-refractivity contribution is 6.30. The summed E-state index contributed by atoms with van der Waals surface area (Å²) >= 11 is 6.01. The van der Waals surface area contributed by atoms with Gasteiger partial charge in [0.2, 0.25) is 0 Å². The molecule has 1 aliphatic rings. The summed E-state index contributed by atoms with van der Waals surface area (Å²) < 4.78 is 0. The molecule has 2 nitrogen and oxygen atoms in total. The molecule has 1 heterocycles. The van der Waals surface area contributed by atoms with Crippen molar-refractivity contribution in [2.75, 3.05) is 0 Å². The van der Waals surface area contributed by atoms with E-state index in [1.807, 2.05) is 12.1 Å². The molecule has 14 heavy (non-hydrogen) atoms. The van der Waals surface area contributed by atoms with Gasteiger partial charge in [-0.25, -0.2) is 4.98 Å². The lowest BCUT2D eigenvalue weighted by Crippen LogP contribution is -2.19. The molecule has 0 radical (unpaired) electrons. The van der Waals surface area contributed by atoms with Crippen molar-refractivity contribution in [3.63, 3.8) is 0 Å². The lowest BCUT2D eigenvalue weighted by atomic mass is 9.93. The molecule has 76 valence electrons. The minimum atomic E-state index is 0.0682. The van der Waals surface area contributed by atoms with Crippen molar-refractivity contribution in [3.05, 3.63) is 29.0 Å². The van der Waals surface area contributed by atoms with Crippen molar-refractivity contribution in [2.24, 2.45) is 11.7 Å². The monoisotopic (exact) mass is 210 g/mol. The maximum atomic E-state index is 6.18. The third-order valence-corrected chi connectivity index (χ3v) is 3.37. The molecule has 0 spiro atoms. The highest BCUT2D eigenvalue weighted by atomic mass is 35.5. The van der Waals surface area contributed by atoms with Crippen LogP contribution in [0.15, 0.2) is 18.3 Å².